The first-order chi connectivity index (χ1) is 8.13. The summed E-state index contributed by atoms with van der Waals surface area (Å²) in [5, 5.41) is 5.30. The van der Waals surface area contributed by atoms with Crippen LogP contribution in [0.3, 0.4) is 0 Å². The second kappa shape index (κ2) is 5.29. The molecule has 2 rings (SSSR count). The summed E-state index contributed by atoms with van der Waals surface area (Å²) in [4.78, 5) is 1.23. The van der Waals surface area contributed by atoms with Gasteiger partial charge in [-0.05, 0) is 64.6 Å². The van der Waals surface area contributed by atoms with Gasteiger partial charge in [0, 0.05) is 4.88 Å². The first-order valence-electron chi connectivity index (χ1n) is 5.29. The molecule has 1 atom stereocenters. The summed E-state index contributed by atoms with van der Waals surface area (Å²) in [6, 6.07) is 7.40. The van der Waals surface area contributed by atoms with E-state index in [0.717, 1.165) is 5.56 Å². The second-order valence-electron chi connectivity index (χ2n) is 3.86. The Labute approximate surface area is 113 Å². The van der Waals surface area contributed by atoms with Crippen LogP contribution in [0.1, 0.15) is 22.0 Å². The molecule has 1 unspecified atom stereocenters. The molecular weight excluding hydrogens is 301 g/mol. The second-order valence-corrected chi connectivity index (χ2v) is 5.67. The van der Waals surface area contributed by atoms with Gasteiger partial charge in [0.05, 0.1) is 10.5 Å². The molecule has 0 saturated heterocycles. The predicted octanol–water partition coefficient (Wildman–Crippen LogP) is 4.27. The van der Waals surface area contributed by atoms with E-state index in [2.05, 4.69) is 39.6 Å². The Bertz CT molecular complexity index is 524. The third-order valence-electron chi connectivity index (χ3n) is 2.73. The van der Waals surface area contributed by atoms with E-state index in [0.29, 0.717) is 4.47 Å². The molecule has 0 fully saturated rings. The number of rotatable bonds is 3. The fourth-order valence-electron chi connectivity index (χ4n) is 1.82. The van der Waals surface area contributed by atoms with Crippen LogP contribution in [0.25, 0.3) is 0 Å². The molecule has 0 radical (unpaired) electrons. The van der Waals surface area contributed by atoms with Crippen molar-refractivity contribution in [1.82, 2.24) is 5.32 Å². The van der Waals surface area contributed by atoms with Gasteiger partial charge in [-0.25, -0.2) is 4.39 Å². The van der Waals surface area contributed by atoms with E-state index in [-0.39, 0.29) is 11.9 Å². The third kappa shape index (κ3) is 2.59. The number of thiophene rings is 1. The lowest BCUT2D eigenvalue weighted by Gasteiger charge is -2.16. The van der Waals surface area contributed by atoms with Gasteiger partial charge >= 0.3 is 0 Å². The Kier molecular flexibility index (Phi) is 3.97. The minimum Gasteiger partial charge on any atom is -0.309 e. The van der Waals surface area contributed by atoms with E-state index in [4.69, 9.17) is 0 Å². The summed E-state index contributed by atoms with van der Waals surface area (Å²) >= 11 is 4.86. The lowest BCUT2D eigenvalue weighted by molar-refractivity contribution is 0.611. The van der Waals surface area contributed by atoms with Gasteiger partial charge in [-0.3, -0.25) is 0 Å². The highest BCUT2D eigenvalue weighted by molar-refractivity contribution is 9.10. The molecule has 4 heteroatoms. The average molecular weight is 314 g/mol. The molecule has 0 spiro atoms. The van der Waals surface area contributed by atoms with Crippen LogP contribution in [0.15, 0.2) is 34.1 Å². The van der Waals surface area contributed by atoms with Crippen molar-refractivity contribution in [2.45, 2.75) is 13.0 Å². The maximum Gasteiger partial charge on any atom is 0.137 e. The van der Waals surface area contributed by atoms with Gasteiger partial charge in [-0.1, -0.05) is 6.07 Å². The Balaban J connectivity index is 2.42. The van der Waals surface area contributed by atoms with Crippen LogP contribution < -0.4 is 5.32 Å². The molecule has 90 valence electrons. The Morgan fingerprint density at radius 2 is 2.12 bits per heavy atom. The maximum absolute atomic E-state index is 13.5. The molecule has 0 amide bonds. The van der Waals surface area contributed by atoms with E-state index in [1.165, 1.54) is 10.4 Å². The molecule has 2 aromatic rings. The van der Waals surface area contributed by atoms with Crippen LogP contribution in [0.4, 0.5) is 4.39 Å². The van der Waals surface area contributed by atoms with Crippen LogP contribution in [-0.2, 0) is 0 Å². The van der Waals surface area contributed by atoms with Gasteiger partial charge in [0.25, 0.3) is 0 Å². The standard InChI is InChI=1S/C13H13BrFNS/c1-8-5-6-17-13(8)12(16-2)9-3-4-10(14)11(15)7-9/h3-7,12,16H,1-2H3. The van der Waals surface area contributed by atoms with Crippen molar-refractivity contribution in [1.29, 1.82) is 0 Å². The number of aryl methyl sites for hydroxylation is 1. The van der Waals surface area contributed by atoms with E-state index in [1.54, 1.807) is 23.5 Å². The van der Waals surface area contributed by atoms with Crippen LogP contribution in [0, 0.1) is 12.7 Å². The lowest BCUT2D eigenvalue weighted by Crippen LogP contribution is -2.17. The van der Waals surface area contributed by atoms with E-state index in [1.807, 2.05) is 13.1 Å². The van der Waals surface area contributed by atoms with Crippen LogP contribution in [0.2, 0.25) is 0 Å². The highest BCUT2D eigenvalue weighted by Crippen LogP contribution is 2.30. The summed E-state index contributed by atoms with van der Waals surface area (Å²) in [7, 11) is 1.89. The van der Waals surface area contributed by atoms with Crippen LogP contribution >= 0.6 is 27.3 Å². The van der Waals surface area contributed by atoms with Gasteiger partial charge in [-0.2, -0.15) is 0 Å². The number of benzene rings is 1. The van der Waals surface area contributed by atoms with E-state index < -0.39 is 0 Å². The van der Waals surface area contributed by atoms with Crippen molar-refractivity contribution in [2.24, 2.45) is 0 Å². The molecule has 0 aliphatic carbocycles. The number of hydrogen-bond donors (Lipinski definition) is 1. The van der Waals surface area contributed by atoms with Crippen molar-refractivity contribution < 1.29 is 4.39 Å². The zero-order valence-electron chi connectivity index (χ0n) is 9.63. The largest absolute Gasteiger partial charge is 0.309 e. The molecule has 1 heterocycles. The Morgan fingerprint density at radius 3 is 2.65 bits per heavy atom. The zero-order valence-corrected chi connectivity index (χ0v) is 12.0. The predicted molar refractivity (Wildman–Crippen MR) is 74.1 cm³/mol. The number of nitrogens with one attached hydrogen (secondary N) is 1. The summed E-state index contributed by atoms with van der Waals surface area (Å²) in [5.41, 5.74) is 2.18. The molecule has 0 aliphatic heterocycles. The van der Waals surface area contributed by atoms with Gasteiger partial charge in [0.2, 0.25) is 0 Å². The zero-order chi connectivity index (χ0) is 12.4. The van der Waals surface area contributed by atoms with E-state index in [9.17, 15) is 4.39 Å². The van der Waals surface area contributed by atoms with Crippen LogP contribution in [0.5, 0.6) is 0 Å². The summed E-state index contributed by atoms with van der Waals surface area (Å²) in [5.74, 6) is -0.225. The highest BCUT2D eigenvalue weighted by atomic mass is 79.9. The molecule has 1 aromatic heterocycles. The van der Waals surface area contributed by atoms with Crippen LogP contribution in [-0.4, -0.2) is 7.05 Å². The molecule has 0 aliphatic rings. The topological polar surface area (TPSA) is 12.0 Å². The Morgan fingerprint density at radius 1 is 1.35 bits per heavy atom. The molecular formula is C13H13BrFNS. The SMILES string of the molecule is CNC(c1ccc(Br)c(F)c1)c1sccc1C. The first-order valence-corrected chi connectivity index (χ1v) is 6.97. The molecule has 1 aromatic carbocycles. The normalized spacial score (nSPS) is 12.7. The summed E-state index contributed by atoms with van der Waals surface area (Å²) in [6.45, 7) is 2.07. The molecule has 1 nitrogen and oxygen atoms in total. The minimum absolute atomic E-state index is 0.0533. The van der Waals surface area contributed by atoms with Crippen molar-refractivity contribution in [2.75, 3.05) is 7.05 Å². The van der Waals surface area contributed by atoms with Gasteiger partial charge in [0.15, 0.2) is 0 Å². The monoisotopic (exact) mass is 313 g/mol. The average Bonchev–Trinajstić information content (AvgIpc) is 2.71. The molecule has 17 heavy (non-hydrogen) atoms. The fraction of sp³-hybridized carbons (Fsp3) is 0.231. The van der Waals surface area contributed by atoms with Crippen molar-refractivity contribution in [3.63, 3.8) is 0 Å². The van der Waals surface area contributed by atoms with Crippen molar-refractivity contribution in [3.8, 4) is 0 Å². The van der Waals surface area contributed by atoms with E-state index >= 15 is 0 Å². The molecule has 0 saturated carbocycles. The number of halogens is 2. The summed E-state index contributed by atoms with van der Waals surface area (Å²) < 4.78 is 14.0. The van der Waals surface area contributed by atoms with Gasteiger partial charge in [0.1, 0.15) is 5.82 Å². The third-order valence-corrected chi connectivity index (χ3v) is 4.46. The molecule has 1 N–H and O–H groups in total. The highest BCUT2D eigenvalue weighted by Gasteiger charge is 2.16. The lowest BCUT2D eigenvalue weighted by atomic mass is 10.0. The molecule has 0 bridgehead atoms. The minimum atomic E-state index is -0.225. The number of hydrogen-bond acceptors (Lipinski definition) is 2. The fourth-order valence-corrected chi connectivity index (χ4v) is 3.13. The smallest absolute Gasteiger partial charge is 0.137 e. The first kappa shape index (κ1) is 12.7. The van der Waals surface area contributed by atoms with Crippen molar-refractivity contribution in [3.05, 3.63) is 55.9 Å². The maximum atomic E-state index is 13.5. The van der Waals surface area contributed by atoms with Gasteiger partial charge in [-0.15, -0.1) is 11.3 Å². The van der Waals surface area contributed by atoms with Crippen molar-refractivity contribution >= 4 is 27.3 Å². The Hall–Kier alpha value is -0.710. The quantitative estimate of drug-likeness (QED) is 0.892. The van der Waals surface area contributed by atoms with Gasteiger partial charge < -0.3 is 5.32 Å². The summed E-state index contributed by atoms with van der Waals surface area (Å²) in [6.07, 6.45) is 0.